The van der Waals surface area contributed by atoms with Crippen LogP contribution in [0.4, 0.5) is 23.8 Å². The van der Waals surface area contributed by atoms with Crippen LogP contribution >= 0.6 is 0 Å². The summed E-state index contributed by atoms with van der Waals surface area (Å²) >= 11 is 0. The third-order valence-electron chi connectivity index (χ3n) is 4.70. The fraction of sp³-hybridized carbons (Fsp3) is 0.273. The molecule has 3 rings (SSSR count). The van der Waals surface area contributed by atoms with Crippen LogP contribution in [-0.4, -0.2) is 34.8 Å². The quantitative estimate of drug-likeness (QED) is 0.495. The van der Waals surface area contributed by atoms with E-state index in [-0.39, 0.29) is 23.8 Å². The van der Waals surface area contributed by atoms with Crippen LogP contribution in [0.3, 0.4) is 0 Å². The van der Waals surface area contributed by atoms with Gasteiger partial charge in [-0.3, -0.25) is 5.32 Å². The molecule has 0 aliphatic carbocycles. The molecular weight excluding hydrogens is 473 g/mol. The molecule has 3 N–H and O–H groups in total. The SMILES string of the molecule is CC(C)(C)c1cc(NC(=O)NCc2cc#ccc2O)n(-c2cccc(S(=O)(=O)C(F)(F)F)c2)n1. The highest BCUT2D eigenvalue weighted by molar-refractivity contribution is 7.92. The predicted molar refractivity (Wildman–Crippen MR) is 117 cm³/mol. The predicted octanol–water partition coefficient (Wildman–Crippen LogP) is 4.09. The van der Waals surface area contributed by atoms with Gasteiger partial charge in [-0.25, -0.2) is 17.9 Å². The van der Waals surface area contributed by atoms with Crippen molar-refractivity contribution in [2.24, 2.45) is 0 Å². The summed E-state index contributed by atoms with van der Waals surface area (Å²) in [5.41, 5.74) is -5.07. The lowest BCUT2D eigenvalue weighted by Gasteiger charge is -2.14. The Morgan fingerprint density at radius 3 is 2.44 bits per heavy atom. The van der Waals surface area contributed by atoms with Crippen LogP contribution in [0.5, 0.6) is 5.75 Å². The lowest BCUT2D eigenvalue weighted by atomic mass is 9.92. The van der Waals surface area contributed by atoms with Crippen LogP contribution in [0.15, 0.2) is 47.4 Å². The van der Waals surface area contributed by atoms with Crippen LogP contribution in [0.2, 0.25) is 0 Å². The van der Waals surface area contributed by atoms with Crippen molar-refractivity contribution in [3.63, 3.8) is 0 Å². The molecule has 0 radical (unpaired) electrons. The number of urea groups is 1. The number of rotatable bonds is 5. The summed E-state index contributed by atoms with van der Waals surface area (Å²) in [6.45, 7) is 5.50. The van der Waals surface area contributed by atoms with Gasteiger partial charge in [-0.2, -0.15) is 18.3 Å². The molecule has 12 heteroatoms. The van der Waals surface area contributed by atoms with Gasteiger partial charge in [0, 0.05) is 29.7 Å². The van der Waals surface area contributed by atoms with E-state index in [9.17, 15) is 31.5 Å². The van der Waals surface area contributed by atoms with E-state index in [1.807, 2.05) is 20.8 Å². The summed E-state index contributed by atoms with van der Waals surface area (Å²) in [5.74, 6) is 0.0166. The molecule has 0 atom stereocenters. The van der Waals surface area contributed by atoms with E-state index in [2.05, 4.69) is 27.9 Å². The van der Waals surface area contributed by atoms with Gasteiger partial charge in [0.15, 0.2) is 0 Å². The summed E-state index contributed by atoms with van der Waals surface area (Å²) in [7, 11) is -5.58. The Kier molecular flexibility index (Phi) is 6.53. The molecule has 0 bridgehead atoms. The van der Waals surface area contributed by atoms with Gasteiger partial charge in [-0.15, -0.1) is 0 Å². The topological polar surface area (TPSA) is 113 Å². The standard InChI is InChI=1S/C22H21F3N4O4S/c1-21(2,3)18-12-19(27-20(31)26-13-14-7-4-5-10-17(14)30)29(28-18)15-8-6-9-16(11-15)34(32,33)22(23,24)25/h6-12,30H,13H2,1-3H3,(H2,26,27,31). The van der Waals surface area contributed by atoms with E-state index in [4.69, 9.17) is 0 Å². The van der Waals surface area contributed by atoms with E-state index in [1.165, 1.54) is 24.3 Å². The summed E-state index contributed by atoms with van der Waals surface area (Å²) in [4.78, 5) is 11.5. The van der Waals surface area contributed by atoms with Crippen molar-refractivity contribution < 1.29 is 31.5 Å². The number of aromatic nitrogens is 2. The Morgan fingerprint density at radius 2 is 1.82 bits per heavy atom. The van der Waals surface area contributed by atoms with Gasteiger partial charge in [0.1, 0.15) is 11.6 Å². The normalized spacial score (nSPS) is 12.2. The molecule has 0 fully saturated rings. The van der Waals surface area contributed by atoms with Crippen LogP contribution in [0.1, 0.15) is 32.0 Å². The number of nitrogens with one attached hydrogen (secondary N) is 2. The summed E-state index contributed by atoms with van der Waals surface area (Å²) in [6.07, 6.45) is 0. The zero-order valence-electron chi connectivity index (χ0n) is 18.4. The molecule has 2 amide bonds. The first-order valence-corrected chi connectivity index (χ1v) is 11.4. The molecule has 180 valence electrons. The van der Waals surface area contributed by atoms with Crippen molar-refractivity contribution in [2.75, 3.05) is 5.32 Å². The van der Waals surface area contributed by atoms with Crippen molar-refractivity contribution in [3.8, 4) is 11.4 Å². The Bertz CT molecular complexity index is 1310. The molecule has 0 aliphatic heterocycles. The van der Waals surface area contributed by atoms with Crippen molar-refractivity contribution in [1.82, 2.24) is 15.1 Å². The average molecular weight is 494 g/mol. The number of nitrogens with zero attached hydrogens (tertiary/aromatic N) is 2. The van der Waals surface area contributed by atoms with Gasteiger partial charge in [0.05, 0.1) is 16.3 Å². The number of carbonyl (C=O) groups excluding carboxylic acids is 1. The first-order chi connectivity index (χ1) is 15.7. The lowest BCUT2D eigenvalue weighted by Crippen LogP contribution is -2.29. The third kappa shape index (κ3) is 5.26. The van der Waals surface area contributed by atoms with Crippen molar-refractivity contribution in [1.29, 1.82) is 0 Å². The summed E-state index contributed by atoms with van der Waals surface area (Å²) in [6, 6.07) is 13.0. The number of amides is 2. The molecule has 1 heterocycles. The molecule has 0 saturated heterocycles. The first kappa shape index (κ1) is 24.9. The second-order valence-electron chi connectivity index (χ2n) is 8.32. The second kappa shape index (κ2) is 8.90. The monoisotopic (exact) mass is 494 g/mol. The van der Waals surface area contributed by atoms with Gasteiger partial charge < -0.3 is 10.4 Å². The maximum atomic E-state index is 13.0. The molecule has 3 aromatic rings. The van der Waals surface area contributed by atoms with Crippen molar-refractivity contribution >= 4 is 21.7 Å². The number of anilines is 1. The Morgan fingerprint density at radius 1 is 1.15 bits per heavy atom. The van der Waals surface area contributed by atoms with E-state index in [1.54, 1.807) is 0 Å². The molecule has 2 aromatic carbocycles. The molecule has 0 saturated carbocycles. The van der Waals surface area contributed by atoms with Crippen molar-refractivity contribution in [2.45, 2.75) is 43.1 Å². The minimum Gasteiger partial charge on any atom is -0.507 e. The number of sulfone groups is 1. The summed E-state index contributed by atoms with van der Waals surface area (Å²) < 4.78 is 63.9. The molecule has 0 aliphatic rings. The smallest absolute Gasteiger partial charge is 0.501 e. The number of alkyl halides is 3. The number of halogens is 3. The van der Waals surface area contributed by atoms with E-state index in [0.29, 0.717) is 11.3 Å². The Labute approximate surface area is 194 Å². The highest BCUT2D eigenvalue weighted by atomic mass is 32.2. The fourth-order valence-corrected chi connectivity index (χ4v) is 3.63. The maximum Gasteiger partial charge on any atom is 0.501 e. The first-order valence-electron chi connectivity index (χ1n) is 9.87. The van der Waals surface area contributed by atoms with Gasteiger partial charge >= 0.3 is 11.5 Å². The molecule has 34 heavy (non-hydrogen) atoms. The third-order valence-corrected chi connectivity index (χ3v) is 6.19. The van der Waals surface area contributed by atoms with Gasteiger partial charge in [0.25, 0.3) is 9.84 Å². The van der Waals surface area contributed by atoms with Crippen LogP contribution in [0, 0.1) is 12.1 Å². The Hall–Kier alpha value is -3.72. The number of aromatic hydroxyl groups is 1. The number of hydrogen-bond acceptors (Lipinski definition) is 5. The number of carbonyl (C=O) groups is 1. The summed E-state index contributed by atoms with van der Waals surface area (Å²) in [5, 5.41) is 19.3. The second-order valence-corrected chi connectivity index (χ2v) is 10.3. The molecule has 0 spiro atoms. The molecule has 0 unspecified atom stereocenters. The van der Waals surface area contributed by atoms with Gasteiger partial charge in [-0.1, -0.05) is 39.0 Å². The highest BCUT2D eigenvalue weighted by Gasteiger charge is 2.47. The van der Waals surface area contributed by atoms with E-state index >= 15 is 0 Å². The van der Waals surface area contributed by atoms with Crippen LogP contribution < -0.4 is 10.6 Å². The minimum absolute atomic E-state index is 0.00182. The fourth-order valence-electron chi connectivity index (χ4n) is 2.83. The zero-order valence-corrected chi connectivity index (χ0v) is 19.2. The molecule has 1 aromatic heterocycles. The van der Waals surface area contributed by atoms with E-state index < -0.39 is 31.7 Å². The number of hydrogen-bond donors (Lipinski definition) is 3. The Balaban J connectivity index is 1.95. The zero-order chi connectivity index (χ0) is 25.3. The molecule has 8 nitrogen and oxygen atoms in total. The van der Waals surface area contributed by atoms with Crippen molar-refractivity contribution in [3.05, 3.63) is 65.9 Å². The maximum absolute atomic E-state index is 13.0. The molecular formula is C22H21F3N4O4S. The van der Waals surface area contributed by atoms with Crippen LogP contribution in [-0.2, 0) is 21.8 Å². The van der Waals surface area contributed by atoms with Gasteiger partial charge in [-0.05, 0) is 24.3 Å². The largest absolute Gasteiger partial charge is 0.507 e. The minimum atomic E-state index is -5.58. The average Bonchev–Trinajstić information content (AvgIpc) is 3.17. The highest BCUT2D eigenvalue weighted by Crippen LogP contribution is 2.32. The van der Waals surface area contributed by atoms with Gasteiger partial charge in [0.2, 0.25) is 0 Å². The lowest BCUT2D eigenvalue weighted by molar-refractivity contribution is -0.0436. The van der Waals surface area contributed by atoms with Crippen LogP contribution in [0.25, 0.3) is 5.69 Å². The van der Waals surface area contributed by atoms with E-state index in [0.717, 1.165) is 22.9 Å². The number of benzene rings is 1.